The van der Waals surface area contributed by atoms with Crippen LogP contribution in [0.3, 0.4) is 0 Å². The number of benzene rings is 2. The van der Waals surface area contributed by atoms with Crippen molar-refractivity contribution in [2.45, 2.75) is 12.8 Å². The second kappa shape index (κ2) is 7.77. The highest BCUT2D eigenvalue weighted by Gasteiger charge is 2.36. The molecule has 1 unspecified atom stereocenters. The van der Waals surface area contributed by atoms with Gasteiger partial charge in [-0.25, -0.2) is 0 Å². The van der Waals surface area contributed by atoms with Crippen LogP contribution in [0.4, 0.5) is 24.5 Å². The first kappa shape index (κ1) is 19.9. The number of nitrogens with zero attached hydrogens (tertiary/aromatic N) is 1. The van der Waals surface area contributed by atoms with Gasteiger partial charge in [-0.2, -0.15) is 0 Å². The lowest BCUT2D eigenvalue weighted by Crippen LogP contribution is -2.28. The van der Waals surface area contributed by atoms with Gasteiger partial charge in [0.2, 0.25) is 11.8 Å². The van der Waals surface area contributed by atoms with Crippen LogP contribution in [0.25, 0.3) is 0 Å². The van der Waals surface area contributed by atoms with E-state index in [0.717, 1.165) is 12.1 Å². The fourth-order valence-corrected chi connectivity index (χ4v) is 3.35. The second-order valence-corrected chi connectivity index (χ2v) is 6.80. The van der Waals surface area contributed by atoms with Gasteiger partial charge in [-0.05, 0) is 24.3 Å². The molecule has 30 heavy (non-hydrogen) atoms. The average Bonchev–Trinajstić information content (AvgIpc) is 3.08. The maximum atomic E-state index is 12.6. The Morgan fingerprint density at radius 2 is 1.87 bits per heavy atom. The first-order valence-corrected chi connectivity index (χ1v) is 9.15. The number of hydrogen-bond acceptors (Lipinski definition) is 5. The van der Waals surface area contributed by atoms with E-state index in [1.54, 1.807) is 18.2 Å². The summed E-state index contributed by atoms with van der Waals surface area (Å²) in [6.45, 7) is 1.00. The van der Waals surface area contributed by atoms with Gasteiger partial charge in [0.05, 0.1) is 5.92 Å². The highest BCUT2D eigenvalue weighted by molar-refractivity contribution is 6.03. The lowest BCUT2D eigenvalue weighted by molar-refractivity contribution is -0.274. The molecule has 1 saturated heterocycles. The van der Waals surface area contributed by atoms with Crippen LogP contribution < -0.4 is 24.4 Å². The van der Waals surface area contributed by atoms with Crippen LogP contribution in [0.1, 0.15) is 6.42 Å². The summed E-state index contributed by atoms with van der Waals surface area (Å²) >= 11 is 0. The highest BCUT2D eigenvalue weighted by Crippen LogP contribution is 2.36. The number of amides is 2. The van der Waals surface area contributed by atoms with Crippen molar-refractivity contribution in [3.8, 4) is 17.2 Å². The van der Waals surface area contributed by atoms with E-state index < -0.39 is 23.9 Å². The summed E-state index contributed by atoms with van der Waals surface area (Å²) in [6.07, 6.45) is -4.84. The lowest BCUT2D eigenvalue weighted by Gasteiger charge is -2.22. The molecule has 10 heteroatoms. The first-order chi connectivity index (χ1) is 14.3. The van der Waals surface area contributed by atoms with E-state index in [-0.39, 0.29) is 24.6 Å². The van der Waals surface area contributed by atoms with Crippen LogP contribution in [-0.4, -0.2) is 37.9 Å². The minimum Gasteiger partial charge on any atom is -0.486 e. The molecule has 158 valence electrons. The molecule has 0 bridgehead atoms. The molecule has 1 atom stereocenters. The van der Waals surface area contributed by atoms with Crippen molar-refractivity contribution in [2.24, 2.45) is 5.92 Å². The molecule has 2 aromatic carbocycles. The van der Waals surface area contributed by atoms with Crippen LogP contribution >= 0.6 is 0 Å². The standard InChI is InChI=1S/C20H17F3N2O5/c21-20(22,23)30-15-3-1-2-13(9-15)24-19(27)12-8-18(26)25(11-12)14-4-5-16-17(10-14)29-7-6-28-16/h1-5,9-10,12H,6-8,11H2,(H,24,27). The third-order valence-electron chi connectivity index (χ3n) is 4.67. The average molecular weight is 422 g/mol. The molecule has 1 fully saturated rings. The predicted molar refractivity (Wildman–Crippen MR) is 99.6 cm³/mol. The maximum absolute atomic E-state index is 12.6. The molecular weight excluding hydrogens is 405 g/mol. The number of alkyl halides is 3. The Morgan fingerprint density at radius 3 is 2.63 bits per heavy atom. The Morgan fingerprint density at radius 1 is 1.10 bits per heavy atom. The molecule has 7 nitrogen and oxygen atoms in total. The number of nitrogens with one attached hydrogen (secondary N) is 1. The zero-order valence-corrected chi connectivity index (χ0v) is 15.6. The van der Waals surface area contributed by atoms with Crippen molar-refractivity contribution in [2.75, 3.05) is 30.0 Å². The first-order valence-electron chi connectivity index (χ1n) is 9.15. The Labute approximate surface area is 169 Å². The summed E-state index contributed by atoms with van der Waals surface area (Å²) in [6, 6.07) is 10.1. The fourth-order valence-electron chi connectivity index (χ4n) is 3.35. The summed E-state index contributed by atoms with van der Waals surface area (Å²) in [7, 11) is 0. The Kier molecular flexibility index (Phi) is 5.15. The zero-order valence-electron chi connectivity index (χ0n) is 15.6. The molecule has 2 amide bonds. The summed E-state index contributed by atoms with van der Waals surface area (Å²) in [5.41, 5.74) is 0.729. The van der Waals surface area contributed by atoms with E-state index >= 15 is 0 Å². The number of carbonyl (C=O) groups is 2. The third kappa shape index (κ3) is 4.42. The molecule has 0 aromatic heterocycles. The second-order valence-electron chi connectivity index (χ2n) is 6.80. The number of hydrogen-bond donors (Lipinski definition) is 1. The normalized spacial score (nSPS) is 18.3. The topological polar surface area (TPSA) is 77.1 Å². The van der Waals surface area contributed by atoms with Gasteiger partial charge >= 0.3 is 6.36 Å². The monoisotopic (exact) mass is 422 g/mol. The van der Waals surface area contributed by atoms with Crippen LogP contribution in [0.15, 0.2) is 42.5 Å². The summed E-state index contributed by atoms with van der Waals surface area (Å²) in [5.74, 6) is -0.681. The Bertz CT molecular complexity index is 979. The van der Waals surface area contributed by atoms with E-state index in [0.29, 0.717) is 30.4 Å². The number of ether oxygens (including phenoxy) is 3. The third-order valence-corrected chi connectivity index (χ3v) is 4.67. The van der Waals surface area contributed by atoms with Crippen molar-refractivity contribution in [1.82, 2.24) is 0 Å². The number of fused-ring (bicyclic) bond motifs is 1. The van der Waals surface area contributed by atoms with Crippen molar-refractivity contribution >= 4 is 23.2 Å². The van der Waals surface area contributed by atoms with E-state index in [2.05, 4.69) is 10.1 Å². The van der Waals surface area contributed by atoms with E-state index in [1.807, 2.05) is 0 Å². The number of carbonyl (C=O) groups excluding carboxylic acids is 2. The van der Waals surface area contributed by atoms with Gasteiger partial charge in [-0.3, -0.25) is 9.59 Å². The Balaban J connectivity index is 1.43. The van der Waals surface area contributed by atoms with Crippen LogP contribution in [0.5, 0.6) is 17.2 Å². The van der Waals surface area contributed by atoms with Crippen molar-refractivity contribution in [3.05, 3.63) is 42.5 Å². The minimum atomic E-state index is -4.83. The van der Waals surface area contributed by atoms with Gasteiger partial charge in [0, 0.05) is 36.5 Å². The van der Waals surface area contributed by atoms with Crippen molar-refractivity contribution in [1.29, 1.82) is 0 Å². The van der Waals surface area contributed by atoms with E-state index in [4.69, 9.17) is 9.47 Å². The van der Waals surface area contributed by atoms with Crippen LogP contribution in [0.2, 0.25) is 0 Å². The van der Waals surface area contributed by atoms with Crippen molar-refractivity contribution in [3.63, 3.8) is 0 Å². The largest absolute Gasteiger partial charge is 0.573 e. The molecule has 0 aliphatic carbocycles. The van der Waals surface area contributed by atoms with Gasteiger partial charge in [0.15, 0.2) is 11.5 Å². The maximum Gasteiger partial charge on any atom is 0.573 e. The van der Waals surface area contributed by atoms with Gasteiger partial charge in [0.1, 0.15) is 19.0 Å². The molecule has 1 N–H and O–H groups in total. The van der Waals surface area contributed by atoms with E-state index in [9.17, 15) is 22.8 Å². The SMILES string of the molecule is O=C(Nc1cccc(OC(F)(F)F)c1)C1CC(=O)N(c2ccc3c(c2)OCCO3)C1. The number of halogens is 3. The Hall–Kier alpha value is -3.43. The van der Waals surface area contributed by atoms with Crippen molar-refractivity contribution < 1.29 is 37.0 Å². The highest BCUT2D eigenvalue weighted by atomic mass is 19.4. The molecule has 2 aliphatic heterocycles. The summed E-state index contributed by atoms with van der Waals surface area (Å²) in [5, 5.41) is 2.54. The molecule has 0 saturated carbocycles. The minimum absolute atomic E-state index is 0.0149. The van der Waals surface area contributed by atoms with Gasteiger partial charge in [-0.1, -0.05) is 6.07 Å². The summed E-state index contributed by atoms with van der Waals surface area (Å²) in [4.78, 5) is 26.5. The number of rotatable bonds is 4. The van der Waals surface area contributed by atoms with Crippen LogP contribution in [0, 0.1) is 5.92 Å². The predicted octanol–water partition coefficient (Wildman–Crippen LogP) is 3.35. The van der Waals surface area contributed by atoms with E-state index in [1.165, 1.54) is 17.0 Å². The zero-order chi connectivity index (χ0) is 21.3. The molecule has 2 heterocycles. The summed E-state index contributed by atoms with van der Waals surface area (Å²) < 4.78 is 51.9. The van der Waals surface area contributed by atoms with Gasteiger partial charge < -0.3 is 24.4 Å². The lowest BCUT2D eigenvalue weighted by atomic mass is 10.1. The number of anilines is 2. The fraction of sp³-hybridized carbons (Fsp3) is 0.300. The molecule has 0 spiro atoms. The smallest absolute Gasteiger partial charge is 0.486 e. The van der Waals surface area contributed by atoms with Gasteiger partial charge in [-0.15, -0.1) is 13.2 Å². The van der Waals surface area contributed by atoms with Gasteiger partial charge in [0.25, 0.3) is 0 Å². The molecule has 0 radical (unpaired) electrons. The quantitative estimate of drug-likeness (QED) is 0.818. The molecular formula is C20H17F3N2O5. The molecule has 2 aliphatic rings. The molecule has 4 rings (SSSR count). The molecule has 2 aromatic rings. The van der Waals surface area contributed by atoms with Crippen LogP contribution in [-0.2, 0) is 9.59 Å².